The molecule has 100 valence electrons. The molecule has 1 aliphatic heterocycles. The minimum atomic E-state index is -3.00. The number of sulfone groups is 1. The van der Waals surface area contributed by atoms with E-state index in [4.69, 9.17) is 5.73 Å². The third-order valence-corrected chi connectivity index (χ3v) is 5.66. The average Bonchev–Trinajstić information content (AvgIpc) is 2.38. The molecule has 1 heterocycles. The summed E-state index contributed by atoms with van der Waals surface area (Å²) in [5.74, 6) is 0.201. The lowest BCUT2D eigenvalue weighted by Crippen LogP contribution is -2.50. The maximum Gasteiger partial charge on any atom is 0.157 e. The second-order valence-electron chi connectivity index (χ2n) is 4.65. The fraction of sp³-hybridized carbons (Fsp3) is 0.538. The van der Waals surface area contributed by atoms with Gasteiger partial charge in [0.15, 0.2) is 9.84 Å². The van der Waals surface area contributed by atoms with Crippen LogP contribution in [0.3, 0.4) is 0 Å². The summed E-state index contributed by atoms with van der Waals surface area (Å²) in [7, 11) is -3.00. The molecule has 0 spiro atoms. The van der Waals surface area contributed by atoms with E-state index in [1.165, 1.54) is 5.56 Å². The zero-order valence-electron chi connectivity index (χ0n) is 10.7. The molecule has 1 aromatic carbocycles. The van der Waals surface area contributed by atoms with Crippen molar-refractivity contribution in [2.24, 2.45) is 5.73 Å². The summed E-state index contributed by atoms with van der Waals surface area (Å²) in [6, 6.07) is 8.17. The van der Waals surface area contributed by atoms with Crippen molar-refractivity contribution in [1.29, 1.82) is 0 Å². The number of rotatable bonds is 3. The molecule has 0 bridgehead atoms. The van der Waals surface area contributed by atoms with Crippen LogP contribution in [0.15, 0.2) is 24.3 Å². The number of nitrogens with zero attached hydrogens (tertiary/aromatic N) is 1. The molecule has 0 radical (unpaired) electrons. The molecule has 1 aliphatic rings. The van der Waals surface area contributed by atoms with E-state index in [1.807, 2.05) is 12.1 Å². The molecule has 5 heteroatoms. The van der Waals surface area contributed by atoms with Gasteiger partial charge < -0.3 is 10.6 Å². The topological polar surface area (TPSA) is 63.4 Å². The number of nitrogens with two attached hydrogens (primary N) is 1. The lowest BCUT2D eigenvalue weighted by molar-refractivity contribution is 0.563. The van der Waals surface area contributed by atoms with Crippen LogP contribution in [0.25, 0.3) is 0 Å². The summed E-state index contributed by atoms with van der Waals surface area (Å²) in [5, 5.41) is -0.434. The SMILES string of the molecule is CCc1ccccc1N1CCS(=O)(=O)C(CN)C1. The van der Waals surface area contributed by atoms with Gasteiger partial charge in [0.1, 0.15) is 0 Å². The predicted octanol–water partition coefficient (Wildman–Crippen LogP) is 0.811. The highest BCUT2D eigenvalue weighted by atomic mass is 32.2. The van der Waals surface area contributed by atoms with Crippen molar-refractivity contribution in [2.75, 3.05) is 30.3 Å². The fourth-order valence-electron chi connectivity index (χ4n) is 2.41. The van der Waals surface area contributed by atoms with Crippen LogP contribution >= 0.6 is 0 Å². The quantitative estimate of drug-likeness (QED) is 0.881. The van der Waals surface area contributed by atoms with Crippen LogP contribution in [-0.4, -0.2) is 39.1 Å². The van der Waals surface area contributed by atoms with Crippen LogP contribution in [0.5, 0.6) is 0 Å². The van der Waals surface area contributed by atoms with Crippen molar-refractivity contribution in [3.8, 4) is 0 Å². The molecule has 2 N–H and O–H groups in total. The molecule has 2 rings (SSSR count). The normalized spacial score (nSPS) is 23.0. The number of hydrogen-bond donors (Lipinski definition) is 1. The van der Waals surface area contributed by atoms with E-state index in [1.54, 1.807) is 0 Å². The Morgan fingerprint density at radius 2 is 2.11 bits per heavy atom. The summed E-state index contributed by atoms with van der Waals surface area (Å²) in [5.41, 5.74) is 7.99. The summed E-state index contributed by atoms with van der Waals surface area (Å²) in [4.78, 5) is 2.15. The van der Waals surface area contributed by atoms with Gasteiger partial charge >= 0.3 is 0 Å². The van der Waals surface area contributed by atoms with E-state index in [-0.39, 0.29) is 12.3 Å². The van der Waals surface area contributed by atoms with Crippen molar-refractivity contribution >= 4 is 15.5 Å². The molecular formula is C13H20N2O2S. The lowest BCUT2D eigenvalue weighted by atomic mass is 10.1. The third-order valence-electron chi connectivity index (χ3n) is 3.55. The first-order chi connectivity index (χ1) is 8.58. The van der Waals surface area contributed by atoms with Gasteiger partial charge in [-0.05, 0) is 18.1 Å². The summed E-state index contributed by atoms with van der Waals surface area (Å²) in [6.07, 6.45) is 0.951. The van der Waals surface area contributed by atoms with Crippen LogP contribution in [0.2, 0.25) is 0 Å². The number of aryl methyl sites for hydroxylation is 1. The van der Waals surface area contributed by atoms with Gasteiger partial charge in [-0.25, -0.2) is 8.42 Å². The maximum absolute atomic E-state index is 11.8. The van der Waals surface area contributed by atoms with Gasteiger partial charge in [0.25, 0.3) is 0 Å². The molecule has 0 aliphatic carbocycles. The highest BCUT2D eigenvalue weighted by molar-refractivity contribution is 7.92. The van der Waals surface area contributed by atoms with Gasteiger partial charge in [-0.3, -0.25) is 0 Å². The van der Waals surface area contributed by atoms with Gasteiger partial charge in [0.05, 0.1) is 11.0 Å². The van der Waals surface area contributed by atoms with Crippen LogP contribution in [0, 0.1) is 0 Å². The number of hydrogen-bond acceptors (Lipinski definition) is 4. The molecule has 1 fully saturated rings. The number of benzene rings is 1. The van der Waals surface area contributed by atoms with Gasteiger partial charge in [0, 0.05) is 25.3 Å². The van der Waals surface area contributed by atoms with Gasteiger partial charge in [-0.15, -0.1) is 0 Å². The molecular weight excluding hydrogens is 248 g/mol. The molecule has 0 aromatic heterocycles. The minimum Gasteiger partial charge on any atom is -0.369 e. The van der Waals surface area contributed by atoms with Gasteiger partial charge in [-0.2, -0.15) is 0 Å². The van der Waals surface area contributed by atoms with Gasteiger partial charge in [-0.1, -0.05) is 25.1 Å². The van der Waals surface area contributed by atoms with E-state index >= 15 is 0 Å². The highest BCUT2D eigenvalue weighted by Gasteiger charge is 2.32. The Morgan fingerprint density at radius 1 is 1.39 bits per heavy atom. The van der Waals surface area contributed by atoms with E-state index in [2.05, 4.69) is 24.0 Å². The first kappa shape index (κ1) is 13.4. The highest BCUT2D eigenvalue weighted by Crippen LogP contribution is 2.24. The minimum absolute atomic E-state index is 0.201. The summed E-state index contributed by atoms with van der Waals surface area (Å²) < 4.78 is 23.7. The molecule has 1 atom stereocenters. The second-order valence-corrected chi connectivity index (χ2v) is 7.05. The zero-order chi connectivity index (χ0) is 13.2. The Balaban J connectivity index is 2.26. The molecule has 1 unspecified atom stereocenters. The summed E-state index contributed by atoms with van der Waals surface area (Å²) >= 11 is 0. The Hall–Kier alpha value is -1.07. The summed E-state index contributed by atoms with van der Waals surface area (Å²) in [6.45, 7) is 3.39. The van der Waals surface area contributed by atoms with Crippen molar-refractivity contribution in [2.45, 2.75) is 18.6 Å². The van der Waals surface area contributed by atoms with Crippen molar-refractivity contribution in [1.82, 2.24) is 0 Å². The fourth-order valence-corrected chi connectivity index (χ4v) is 3.92. The second kappa shape index (κ2) is 5.28. The van der Waals surface area contributed by atoms with Crippen molar-refractivity contribution < 1.29 is 8.42 Å². The molecule has 1 aromatic rings. The van der Waals surface area contributed by atoms with Crippen LogP contribution < -0.4 is 10.6 Å². The molecule has 18 heavy (non-hydrogen) atoms. The molecule has 4 nitrogen and oxygen atoms in total. The molecule has 0 amide bonds. The first-order valence-electron chi connectivity index (χ1n) is 6.33. The van der Waals surface area contributed by atoms with Crippen molar-refractivity contribution in [3.05, 3.63) is 29.8 Å². The van der Waals surface area contributed by atoms with Crippen LogP contribution in [0.1, 0.15) is 12.5 Å². The Bertz CT molecular complexity index is 513. The smallest absolute Gasteiger partial charge is 0.157 e. The Kier molecular flexibility index (Phi) is 3.92. The van der Waals surface area contributed by atoms with E-state index < -0.39 is 15.1 Å². The predicted molar refractivity (Wildman–Crippen MR) is 74.7 cm³/mol. The third kappa shape index (κ3) is 2.52. The van der Waals surface area contributed by atoms with E-state index in [0.29, 0.717) is 13.1 Å². The molecule has 0 saturated carbocycles. The monoisotopic (exact) mass is 268 g/mol. The molecule has 1 saturated heterocycles. The Morgan fingerprint density at radius 3 is 2.78 bits per heavy atom. The van der Waals surface area contributed by atoms with E-state index in [9.17, 15) is 8.42 Å². The Labute approximate surface area is 109 Å². The van der Waals surface area contributed by atoms with Crippen LogP contribution in [-0.2, 0) is 16.3 Å². The zero-order valence-corrected chi connectivity index (χ0v) is 11.5. The van der Waals surface area contributed by atoms with Crippen LogP contribution in [0.4, 0.5) is 5.69 Å². The van der Waals surface area contributed by atoms with Gasteiger partial charge in [0.2, 0.25) is 0 Å². The standard InChI is InChI=1S/C13H20N2O2S/c1-2-11-5-3-4-6-13(11)15-7-8-18(16,17)12(9-14)10-15/h3-6,12H,2,7-10,14H2,1H3. The maximum atomic E-state index is 11.8. The number of anilines is 1. The first-order valence-corrected chi connectivity index (χ1v) is 8.04. The van der Waals surface area contributed by atoms with E-state index in [0.717, 1.165) is 12.1 Å². The number of para-hydroxylation sites is 1. The van der Waals surface area contributed by atoms with Crippen molar-refractivity contribution in [3.63, 3.8) is 0 Å². The average molecular weight is 268 g/mol. The lowest BCUT2D eigenvalue weighted by Gasteiger charge is -2.34. The largest absolute Gasteiger partial charge is 0.369 e.